The van der Waals surface area contributed by atoms with Crippen molar-refractivity contribution in [2.75, 3.05) is 6.61 Å². The molecule has 2 aromatic carbocycles. The summed E-state index contributed by atoms with van der Waals surface area (Å²) in [5.74, 6) is -0.309. The van der Waals surface area contributed by atoms with Gasteiger partial charge in [-0.1, -0.05) is 47.5 Å². The van der Waals surface area contributed by atoms with Crippen molar-refractivity contribution in [1.82, 2.24) is 0 Å². The van der Waals surface area contributed by atoms with E-state index in [1.807, 2.05) is 24.3 Å². The van der Waals surface area contributed by atoms with Gasteiger partial charge in [-0.05, 0) is 36.2 Å². The molecule has 0 amide bonds. The highest BCUT2D eigenvalue weighted by atomic mass is 35.5. The number of halogens is 2. The normalized spacial score (nSPS) is 12.0. The fraction of sp³-hybridized carbons (Fsp3) is 0.235. The predicted molar refractivity (Wildman–Crippen MR) is 90.1 cm³/mol. The number of hydrogen-bond acceptors (Lipinski definition) is 3. The van der Waals surface area contributed by atoms with Gasteiger partial charge in [0.2, 0.25) is 0 Å². The van der Waals surface area contributed by atoms with Crippen molar-refractivity contribution in [2.45, 2.75) is 19.4 Å². The third-order valence-corrected chi connectivity index (χ3v) is 3.89. The lowest BCUT2D eigenvalue weighted by molar-refractivity contribution is -0.143. The minimum atomic E-state index is -0.430. The van der Waals surface area contributed by atoms with Crippen LogP contribution in [0.25, 0.3) is 11.1 Å². The summed E-state index contributed by atoms with van der Waals surface area (Å²) in [7, 11) is 0. The number of carbonyl (C=O) groups excluding carboxylic acids is 1. The van der Waals surface area contributed by atoms with Crippen LogP contribution >= 0.6 is 23.2 Å². The molecule has 0 heterocycles. The zero-order valence-electron chi connectivity index (χ0n) is 12.2. The van der Waals surface area contributed by atoms with Gasteiger partial charge in [0.1, 0.15) is 0 Å². The van der Waals surface area contributed by atoms with Gasteiger partial charge in [-0.25, -0.2) is 0 Å². The first-order chi connectivity index (χ1) is 10.5. The topological polar surface area (TPSA) is 52.3 Å². The van der Waals surface area contributed by atoms with Crippen LogP contribution < -0.4 is 5.73 Å². The van der Waals surface area contributed by atoms with E-state index in [1.54, 1.807) is 25.1 Å². The number of hydrogen-bond donors (Lipinski definition) is 1. The summed E-state index contributed by atoms with van der Waals surface area (Å²) in [6, 6.07) is 12.5. The Balaban J connectivity index is 2.29. The van der Waals surface area contributed by atoms with Gasteiger partial charge in [0.15, 0.2) is 0 Å². The molecule has 2 aromatic rings. The van der Waals surface area contributed by atoms with Crippen molar-refractivity contribution < 1.29 is 9.53 Å². The van der Waals surface area contributed by atoms with E-state index in [1.165, 1.54) is 0 Å². The van der Waals surface area contributed by atoms with Gasteiger partial charge in [-0.15, -0.1) is 0 Å². The summed E-state index contributed by atoms with van der Waals surface area (Å²) in [6.45, 7) is 2.12. The van der Waals surface area contributed by atoms with E-state index >= 15 is 0 Å². The van der Waals surface area contributed by atoms with Gasteiger partial charge in [0.25, 0.3) is 0 Å². The standard InChI is InChI=1S/C17H17Cl2NO2/c1-2-22-16(21)10-15(20)11-5-3-6-12(9-11)17-13(18)7-4-8-14(17)19/h3-9,15H,2,10,20H2,1H3. The second-order valence-electron chi connectivity index (χ2n) is 4.84. The molecular weight excluding hydrogens is 321 g/mol. The predicted octanol–water partition coefficient (Wildman–Crippen LogP) is 4.61. The molecule has 22 heavy (non-hydrogen) atoms. The molecule has 0 aromatic heterocycles. The van der Waals surface area contributed by atoms with Gasteiger partial charge in [-0.2, -0.15) is 0 Å². The molecule has 2 rings (SSSR count). The lowest BCUT2D eigenvalue weighted by Crippen LogP contribution is -2.17. The number of esters is 1. The van der Waals surface area contributed by atoms with Gasteiger partial charge < -0.3 is 10.5 Å². The summed E-state index contributed by atoms with van der Waals surface area (Å²) in [5, 5.41) is 1.15. The molecule has 1 atom stereocenters. The van der Waals surface area contributed by atoms with E-state index in [9.17, 15) is 4.79 Å². The van der Waals surface area contributed by atoms with Crippen LogP contribution in [0.1, 0.15) is 24.9 Å². The first-order valence-electron chi connectivity index (χ1n) is 6.98. The van der Waals surface area contributed by atoms with Gasteiger partial charge in [-0.3, -0.25) is 4.79 Å². The van der Waals surface area contributed by atoms with Crippen LogP contribution in [-0.2, 0) is 9.53 Å². The second kappa shape index (κ2) is 7.63. The summed E-state index contributed by atoms with van der Waals surface area (Å²) in [6.07, 6.45) is 0.132. The molecule has 3 nitrogen and oxygen atoms in total. The first kappa shape index (κ1) is 16.8. The maximum Gasteiger partial charge on any atom is 0.307 e. The molecule has 5 heteroatoms. The zero-order chi connectivity index (χ0) is 16.1. The molecule has 0 aliphatic heterocycles. The highest BCUT2D eigenvalue weighted by molar-refractivity contribution is 6.39. The van der Waals surface area contributed by atoms with E-state index in [2.05, 4.69) is 0 Å². The van der Waals surface area contributed by atoms with Crippen molar-refractivity contribution >= 4 is 29.2 Å². The van der Waals surface area contributed by atoms with E-state index in [4.69, 9.17) is 33.7 Å². The zero-order valence-corrected chi connectivity index (χ0v) is 13.7. The molecule has 0 bridgehead atoms. The number of rotatable bonds is 5. The van der Waals surface area contributed by atoms with Gasteiger partial charge >= 0.3 is 5.97 Å². The summed E-state index contributed by atoms with van der Waals surface area (Å²) >= 11 is 12.5. The maximum atomic E-state index is 11.5. The Labute approximate surface area is 140 Å². The third-order valence-electron chi connectivity index (χ3n) is 3.26. The molecule has 0 aliphatic carbocycles. The molecule has 0 aliphatic rings. The fourth-order valence-corrected chi connectivity index (χ4v) is 2.83. The van der Waals surface area contributed by atoms with E-state index < -0.39 is 6.04 Å². The lowest BCUT2D eigenvalue weighted by atomic mass is 9.98. The Kier molecular flexibility index (Phi) is 5.83. The number of benzene rings is 2. The molecular formula is C17H17Cl2NO2. The van der Waals surface area contributed by atoms with Crippen LogP contribution in [-0.4, -0.2) is 12.6 Å². The Morgan fingerprint density at radius 2 is 1.82 bits per heavy atom. The lowest BCUT2D eigenvalue weighted by Gasteiger charge is -2.14. The summed E-state index contributed by atoms with van der Waals surface area (Å²) in [4.78, 5) is 11.5. The third kappa shape index (κ3) is 4.01. The van der Waals surface area contributed by atoms with Crippen molar-refractivity contribution in [3.8, 4) is 11.1 Å². The van der Waals surface area contributed by atoms with Crippen LogP contribution in [0.5, 0.6) is 0 Å². The van der Waals surface area contributed by atoms with E-state index in [0.717, 1.165) is 16.7 Å². The highest BCUT2D eigenvalue weighted by Gasteiger charge is 2.14. The monoisotopic (exact) mass is 337 g/mol. The van der Waals surface area contributed by atoms with Crippen LogP contribution in [0.15, 0.2) is 42.5 Å². The smallest absolute Gasteiger partial charge is 0.307 e. The average molecular weight is 338 g/mol. The Morgan fingerprint density at radius 3 is 2.45 bits per heavy atom. The minimum absolute atomic E-state index is 0.132. The number of carbonyl (C=O) groups is 1. The molecule has 0 spiro atoms. The Morgan fingerprint density at radius 1 is 1.18 bits per heavy atom. The van der Waals surface area contributed by atoms with Crippen molar-refractivity contribution in [1.29, 1.82) is 0 Å². The van der Waals surface area contributed by atoms with Crippen molar-refractivity contribution in [2.24, 2.45) is 5.73 Å². The minimum Gasteiger partial charge on any atom is -0.466 e. The number of ether oxygens (including phenoxy) is 1. The van der Waals surface area contributed by atoms with Crippen molar-refractivity contribution in [3.63, 3.8) is 0 Å². The molecule has 0 radical (unpaired) electrons. The quantitative estimate of drug-likeness (QED) is 0.810. The van der Waals surface area contributed by atoms with Crippen LogP contribution in [0.4, 0.5) is 0 Å². The molecule has 0 saturated heterocycles. The Bertz CT molecular complexity index is 653. The Hall–Kier alpha value is -1.55. The average Bonchev–Trinajstić information content (AvgIpc) is 2.47. The summed E-state index contributed by atoms with van der Waals surface area (Å²) < 4.78 is 4.93. The second-order valence-corrected chi connectivity index (χ2v) is 5.65. The molecule has 116 valence electrons. The fourth-order valence-electron chi connectivity index (χ4n) is 2.22. The summed E-state index contributed by atoms with van der Waals surface area (Å²) in [5.41, 5.74) is 8.55. The molecule has 1 unspecified atom stereocenters. The van der Waals surface area contributed by atoms with Gasteiger partial charge in [0, 0.05) is 21.7 Å². The van der Waals surface area contributed by atoms with E-state index in [-0.39, 0.29) is 12.4 Å². The van der Waals surface area contributed by atoms with Crippen molar-refractivity contribution in [3.05, 3.63) is 58.1 Å². The molecule has 0 fully saturated rings. The van der Waals surface area contributed by atoms with Crippen LogP contribution in [0.3, 0.4) is 0 Å². The van der Waals surface area contributed by atoms with Crippen LogP contribution in [0.2, 0.25) is 10.0 Å². The van der Waals surface area contributed by atoms with E-state index in [0.29, 0.717) is 16.7 Å². The SMILES string of the molecule is CCOC(=O)CC(N)c1cccc(-c2c(Cl)cccc2Cl)c1. The largest absolute Gasteiger partial charge is 0.466 e. The van der Waals surface area contributed by atoms with Gasteiger partial charge in [0.05, 0.1) is 13.0 Å². The van der Waals surface area contributed by atoms with Crippen LogP contribution in [0, 0.1) is 0 Å². The number of nitrogens with two attached hydrogens (primary N) is 1. The highest BCUT2D eigenvalue weighted by Crippen LogP contribution is 2.35. The molecule has 2 N–H and O–H groups in total. The molecule has 0 saturated carbocycles. The first-order valence-corrected chi connectivity index (χ1v) is 7.74. The maximum absolute atomic E-state index is 11.5.